The van der Waals surface area contributed by atoms with E-state index in [2.05, 4.69) is 11.9 Å². The van der Waals surface area contributed by atoms with Crippen LogP contribution in [-0.2, 0) is 16.4 Å². The van der Waals surface area contributed by atoms with Crippen LogP contribution in [0.4, 0.5) is 8.78 Å². The van der Waals surface area contributed by atoms with Gasteiger partial charge in [-0.2, -0.15) is 0 Å². The molecular formula is C28H26F2N2O4S. The predicted molar refractivity (Wildman–Crippen MR) is 138 cm³/mol. The summed E-state index contributed by atoms with van der Waals surface area (Å²) in [5.41, 5.74) is 3.00. The number of rotatable bonds is 8. The third-order valence-corrected chi connectivity index (χ3v) is 7.65. The summed E-state index contributed by atoms with van der Waals surface area (Å²) in [7, 11) is -2.21. The lowest BCUT2D eigenvalue weighted by molar-refractivity contribution is 0.101. The topological polar surface area (TPSA) is 78.3 Å². The molecule has 37 heavy (non-hydrogen) atoms. The maximum atomic E-state index is 14.7. The fourth-order valence-electron chi connectivity index (χ4n) is 4.99. The van der Waals surface area contributed by atoms with Crippen LogP contribution in [0.5, 0.6) is 5.88 Å². The van der Waals surface area contributed by atoms with E-state index in [1.54, 1.807) is 22.9 Å². The number of aromatic nitrogens is 2. The van der Waals surface area contributed by atoms with Gasteiger partial charge in [0.15, 0.2) is 15.6 Å². The van der Waals surface area contributed by atoms with E-state index in [9.17, 15) is 22.0 Å². The SMILES string of the molecule is COc1ncccc1-c1c(C(=O)CS(C)(=O)=O)n(Cc2ccc(F)cc2F)c2ccc([C@H]3C[C@H]3C)cc12. The van der Waals surface area contributed by atoms with Crippen LogP contribution in [0.3, 0.4) is 0 Å². The molecule has 1 aliphatic rings. The van der Waals surface area contributed by atoms with Gasteiger partial charge in [-0.25, -0.2) is 22.2 Å². The van der Waals surface area contributed by atoms with Crippen LogP contribution in [0.2, 0.25) is 0 Å². The number of nitrogens with zero attached hydrogens (tertiary/aromatic N) is 2. The molecule has 4 aromatic rings. The van der Waals surface area contributed by atoms with Gasteiger partial charge in [0.05, 0.1) is 19.3 Å². The lowest BCUT2D eigenvalue weighted by atomic mass is 9.98. The van der Waals surface area contributed by atoms with Crippen molar-refractivity contribution in [2.24, 2.45) is 5.92 Å². The van der Waals surface area contributed by atoms with E-state index in [-0.39, 0.29) is 23.7 Å². The normalized spacial score (nSPS) is 17.2. The molecule has 0 bridgehead atoms. The molecule has 9 heteroatoms. The number of Topliss-reactive ketones (excluding diaryl/α,β-unsaturated/α-hetero) is 1. The summed E-state index contributed by atoms with van der Waals surface area (Å²) in [5, 5.41) is 0.710. The van der Waals surface area contributed by atoms with Gasteiger partial charge in [-0.05, 0) is 54.2 Å². The summed E-state index contributed by atoms with van der Waals surface area (Å²) < 4.78 is 59.8. The molecule has 0 amide bonds. The molecule has 2 heterocycles. The third-order valence-electron chi connectivity index (χ3n) is 6.86. The average molecular weight is 525 g/mol. The van der Waals surface area contributed by atoms with Crippen molar-refractivity contribution in [2.45, 2.75) is 25.8 Å². The van der Waals surface area contributed by atoms with Crippen molar-refractivity contribution < 1.29 is 26.7 Å². The van der Waals surface area contributed by atoms with Crippen molar-refractivity contribution in [1.82, 2.24) is 9.55 Å². The Labute approximate surface area is 213 Å². The van der Waals surface area contributed by atoms with Crippen LogP contribution in [-0.4, -0.2) is 42.9 Å². The molecular weight excluding hydrogens is 498 g/mol. The molecule has 0 spiro atoms. The third kappa shape index (κ3) is 4.87. The Hall–Kier alpha value is -3.59. The first-order valence-corrected chi connectivity index (χ1v) is 13.9. The number of pyridine rings is 1. The van der Waals surface area contributed by atoms with Crippen molar-refractivity contribution in [2.75, 3.05) is 19.1 Å². The number of methoxy groups -OCH3 is 1. The zero-order valence-corrected chi connectivity index (χ0v) is 21.5. The number of sulfone groups is 1. The van der Waals surface area contributed by atoms with Gasteiger partial charge in [0.25, 0.3) is 0 Å². The Morgan fingerprint density at radius 3 is 2.57 bits per heavy atom. The predicted octanol–water partition coefficient (Wildman–Crippen LogP) is 5.39. The molecule has 0 saturated heterocycles. The van der Waals surface area contributed by atoms with Gasteiger partial charge in [0.2, 0.25) is 5.88 Å². The van der Waals surface area contributed by atoms with E-state index in [1.807, 2.05) is 18.2 Å². The standard InChI is InChI=1S/C28H26F2N2O4S/c1-16-11-21(16)17-7-9-24-22(12-17)26(20-5-4-10-31-28(20)36-2)27(25(33)15-37(3,34)35)32(24)14-18-6-8-19(29)13-23(18)30/h4-10,12-13,16,21H,11,14-15H2,1-3H3/t16-,21+/m1/s1. The van der Waals surface area contributed by atoms with Gasteiger partial charge >= 0.3 is 0 Å². The molecule has 1 fully saturated rings. The summed E-state index contributed by atoms with van der Waals surface area (Å²) in [4.78, 5) is 17.9. The Kier molecular flexibility index (Phi) is 6.35. The molecule has 2 atom stereocenters. The lowest BCUT2D eigenvalue weighted by Gasteiger charge is -2.13. The zero-order valence-electron chi connectivity index (χ0n) is 20.7. The number of halogens is 2. The average Bonchev–Trinajstić information content (AvgIpc) is 3.49. The first-order valence-electron chi connectivity index (χ1n) is 11.9. The first kappa shape index (κ1) is 25.1. The van der Waals surface area contributed by atoms with E-state index < -0.39 is 33.0 Å². The van der Waals surface area contributed by atoms with E-state index in [0.717, 1.165) is 30.4 Å². The molecule has 1 saturated carbocycles. The number of carbonyl (C=O) groups excluding carboxylic acids is 1. The number of carbonyl (C=O) groups is 1. The molecule has 0 N–H and O–H groups in total. The van der Waals surface area contributed by atoms with Crippen LogP contribution in [0.25, 0.3) is 22.0 Å². The summed E-state index contributed by atoms with van der Waals surface area (Å²) in [6.07, 6.45) is 3.61. The van der Waals surface area contributed by atoms with Gasteiger partial charge in [-0.3, -0.25) is 4.79 Å². The monoisotopic (exact) mass is 524 g/mol. The van der Waals surface area contributed by atoms with Gasteiger partial charge in [-0.1, -0.05) is 19.1 Å². The van der Waals surface area contributed by atoms with Gasteiger partial charge in [0.1, 0.15) is 17.4 Å². The molecule has 2 aromatic heterocycles. The first-order chi connectivity index (χ1) is 17.6. The highest BCUT2D eigenvalue weighted by Gasteiger charge is 2.35. The van der Waals surface area contributed by atoms with Crippen LogP contribution < -0.4 is 4.74 Å². The minimum Gasteiger partial charge on any atom is -0.481 e. The molecule has 6 nitrogen and oxygen atoms in total. The van der Waals surface area contributed by atoms with Crippen molar-refractivity contribution in [3.63, 3.8) is 0 Å². The smallest absolute Gasteiger partial charge is 0.221 e. The molecule has 0 aliphatic heterocycles. The number of ether oxygens (including phenoxy) is 1. The number of ketones is 1. The number of fused-ring (bicyclic) bond motifs is 1. The minimum absolute atomic E-state index is 0.102. The second-order valence-electron chi connectivity index (χ2n) is 9.70. The molecule has 192 valence electrons. The molecule has 0 unspecified atom stereocenters. The summed E-state index contributed by atoms with van der Waals surface area (Å²) in [6.45, 7) is 2.07. The lowest BCUT2D eigenvalue weighted by Crippen LogP contribution is -2.20. The van der Waals surface area contributed by atoms with Crippen molar-refractivity contribution >= 4 is 26.5 Å². The summed E-state index contributed by atoms with van der Waals surface area (Å²) in [5.74, 6) is -1.63. The Morgan fingerprint density at radius 1 is 1.16 bits per heavy atom. The molecule has 0 radical (unpaired) electrons. The van der Waals surface area contributed by atoms with Crippen LogP contribution in [0.1, 0.15) is 40.9 Å². The largest absolute Gasteiger partial charge is 0.481 e. The van der Waals surface area contributed by atoms with E-state index in [1.165, 1.54) is 13.2 Å². The van der Waals surface area contributed by atoms with Crippen LogP contribution in [0.15, 0.2) is 54.7 Å². The van der Waals surface area contributed by atoms with Crippen molar-refractivity contribution in [3.8, 4) is 17.0 Å². The van der Waals surface area contributed by atoms with Gasteiger partial charge < -0.3 is 9.30 Å². The Balaban J connectivity index is 1.84. The van der Waals surface area contributed by atoms with Crippen LogP contribution in [0, 0.1) is 17.6 Å². The van der Waals surface area contributed by atoms with Gasteiger partial charge in [-0.15, -0.1) is 0 Å². The molecule has 5 rings (SSSR count). The van der Waals surface area contributed by atoms with Crippen LogP contribution >= 0.6 is 0 Å². The molecule has 2 aromatic carbocycles. The summed E-state index contributed by atoms with van der Waals surface area (Å²) in [6, 6.07) is 12.6. The quantitative estimate of drug-likeness (QED) is 0.289. The number of hydrogen-bond donors (Lipinski definition) is 0. The highest BCUT2D eigenvalue weighted by molar-refractivity contribution is 7.91. The summed E-state index contributed by atoms with van der Waals surface area (Å²) >= 11 is 0. The Bertz CT molecular complexity index is 1650. The maximum absolute atomic E-state index is 14.7. The van der Waals surface area contributed by atoms with E-state index in [0.29, 0.717) is 33.9 Å². The zero-order chi connectivity index (χ0) is 26.5. The van der Waals surface area contributed by atoms with E-state index >= 15 is 0 Å². The van der Waals surface area contributed by atoms with Crippen molar-refractivity contribution in [1.29, 1.82) is 0 Å². The number of benzene rings is 2. The van der Waals surface area contributed by atoms with Crippen molar-refractivity contribution in [3.05, 3.63) is 83.2 Å². The highest BCUT2D eigenvalue weighted by Crippen LogP contribution is 2.49. The number of hydrogen-bond acceptors (Lipinski definition) is 5. The second kappa shape index (κ2) is 9.37. The fourth-order valence-corrected chi connectivity index (χ4v) is 5.60. The minimum atomic E-state index is -3.68. The van der Waals surface area contributed by atoms with E-state index in [4.69, 9.17) is 4.74 Å². The highest BCUT2D eigenvalue weighted by atomic mass is 32.2. The fraction of sp³-hybridized carbons (Fsp3) is 0.286. The van der Waals surface area contributed by atoms with Gasteiger partial charge in [0, 0.05) is 46.1 Å². The second-order valence-corrected chi connectivity index (χ2v) is 11.8. The maximum Gasteiger partial charge on any atom is 0.221 e. The molecule has 1 aliphatic carbocycles. The Morgan fingerprint density at radius 2 is 1.92 bits per heavy atom.